The zero-order valence-corrected chi connectivity index (χ0v) is 21.0. The molecule has 0 spiro atoms. The van der Waals surface area contributed by atoms with Gasteiger partial charge in [-0.3, -0.25) is 9.59 Å². The van der Waals surface area contributed by atoms with Gasteiger partial charge < -0.3 is 14.4 Å². The third-order valence-corrected chi connectivity index (χ3v) is 5.10. The first-order valence-electron chi connectivity index (χ1n) is 11.6. The highest BCUT2D eigenvalue weighted by atomic mass is 16.5. The number of carbonyl (C=O) groups is 2. The van der Waals surface area contributed by atoms with Crippen LogP contribution in [-0.4, -0.2) is 43.9 Å². The zero-order chi connectivity index (χ0) is 24.6. The molecule has 0 aliphatic rings. The number of nitrogens with zero attached hydrogens (tertiary/aromatic N) is 1. The third kappa shape index (κ3) is 6.95. The molecule has 5 nitrogen and oxygen atoms in total. The molecule has 0 radical (unpaired) electrons. The summed E-state index contributed by atoms with van der Waals surface area (Å²) in [5.41, 5.74) is 2.77. The predicted octanol–water partition coefficient (Wildman–Crippen LogP) is 6.16. The van der Waals surface area contributed by atoms with E-state index in [1.807, 2.05) is 6.07 Å². The highest BCUT2D eigenvalue weighted by Crippen LogP contribution is 2.40. The number of rotatable bonds is 10. The average molecular weight is 452 g/mol. The van der Waals surface area contributed by atoms with Crippen molar-refractivity contribution in [1.29, 1.82) is 0 Å². The van der Waals surface area contributed by atoms with Gasteiger partial charge in [-0.2, -0.15) is 0 Å². The maximum absolute atomic E-state index is 12.9. The number of benzene rings is 2. The molecule has 0 bridgehead atoms. The van der Waals surface area contributed by atoms with Crippen molar-refractivity contribution in [2.75, 3.05) is 27.3 Å². The van der Waals surface area contributed by atoms with E-state index < -0.39 is 0 Å². The Labute approximate surface area is 198 Å². The van der Waals surface area contributed by atoms with Crippen molar-refractivity contribution in [2.45, 2.75) is 52.9 Å². The first-order chi connectivity index (χ1) is 15.6. The summed E-state index contributed by atoms with van der Waals surface area (Å²) >= 11 is 0. The van der Waals surface area contributed by atoms with Crippen molar-refractivity contribution >= 4 is 17.8 Å². The molecular formula is C28H37NO4. The van der Waals surface area contributed by atoms with Crippen LogP contribution in [0.4, 0.5) is 0 Å². The molecule has 2 aromatic carbocycles. The highest BCUT2D eigenvalue weighted by Gasteiger charge is 2.23. The summed E-state index contributed by atoms with van der Waals surface area (Å²) in [6.45, 7) is 11.7. The minimum absolute atomic E-state index is 0.0982. The summed E-state index contributed by atoms with van der Waals surface area (Å²) in [7, 11) is 3.40. The minimum Gasteiger partial charge on any atom is -0.493 e. The van der Waals surface area contributed by atoms with Crippen LogP contribution in [0.25, 0.3) is 6.08 Å². The molecule has 0 aromatic heterocycles. The lowest BCUT2D eigenvalue weighted by Gasteiger charge is -2.25. The molecule has 0 aliphatic carbocycles. The fraction of sp³-hybridized carbons (Fsp3) is 0.429. The van der Waals surface area contributed by atoms with Crippen LogP contribution in [0, 0.1) is 0 Å². The van der Waals surface area contributed by atoms with Crippen molar-refractivity contribution in [3.05, 3.63) is 64.7 Å². The maximum atomic E-state index is 12.9. The Kier molecular flexibility index (Phi) is 9.27. The number of hydrogen-bond acceptors (Lipinski definition) is 4. The summed E-state index contributed by atoms with van der Waals surface area (Å²) in [4.78, 5) is 26.5. The van der Waals surface area contributed by atoms with Gasteiger partial charge in [0.25, 0.3) is 5.91 Å². The summed E-state index contributed by atoms with van der Waals surface area (Å²) in [5.74, 6) is 1.21. The molecule has 2 aromatic rings. The van der Waals surface area contributed by atoms with Gasteiger partial charge in [0, 0.05) is 30.8 Å². The van der Waals surface area contributed by atoms with Crippen LogP contribution in [0.1, 0.15) is 79.3 Å². The van der Waals surface area contributed by atoms with Gasteiger partial charge in [-0.25, -0.2) is 0 Å². The van der Waals surface area contributed by atoms with Crippen molar-refractivity contribution in [1.82, 2.24) is 4.90 Å². The molecule has 0 saturated carbocycles. The highest BCUT2D eigenvalue weighted by molar-refractivity contribution is 6.07. The minimum atomic E-state index is -0.150. The van der Waals surface area contributed by atoms with Gasteiger partial charge in [-0.15, -0.1) is 0 Å². The van der Waals surface area contributed by atoms with E-state index in [1.54, 1.807) is 50.5 Å². The molecule has 0 saturated heterocycles. The van der Waals surface area contributed by atoms with E-state index in [-0.39, 0.29) is 17.1 Å². The number of ketones is 1. The Hall–Kier alpha value is -3.08. The van der Waals surface area contributed by atoms with E-state index in [0.717, 1.165) is 29.7 Å². The molecule has 0 heterocycles. The Bertz CT molecular complexity index is 982. The topological polar surface area (TPSA) is 55.8 Å². The first-order valence-corrected chi connectivity index (χ1v) is 11.6. The van der Waals surface area contributed by atoms with Crippen molar-refractivity contribution in [3.63, 3.8) is 0 Å². The van der Waals surface area contributed by atoms with E-state index in [9.17, 15) is 9.59 Å². The van der Waals surface area contributed by atoms with Crippen molar-refractivity contribution in [3.8, 4) is 11.5 Å². The van der Waals surface area contributed by atoms with Crippen molar-refractivity contribution < 1.29 is 19.1 Å². The SMILES string of the molecule is CCCOc1ccc(C(C)(C)C)c(OCCC)c1C=CC(=O)c1ccc(C(=O)N(C)C)cc1. The quantitative estimate of drug-likeness (QED) is 0.321. The van der Waals surface area contributed by atoms with Gasteiger partial charge in [0.1, 0.15) is 11.5 Å². The third-order valence-electron chi connectivity index (χ3n) is 5.10. The molecule has 33 heavy (non-hydrogen) atoms. The number of hydrogen-bond donors (Lipinski definition) is 0. The van der Waals surface area contributed by atoms with Gasteiger partial charge in [-0.1, -0.05) is 52.8 Å². The molecule has 0 aliphatic heterocycles. The lowest BCUT2D eigenvalue weighted by Crippen LogP contribution is -2.21. The second kappa shape index (κ2) is 11.7. The second-order valence-corrected chi connectivity index (χ2v) is 9.28. The summed E-state index contributed by atoms with van der Waals surface area (Å²) in [6.07, 6.45) is 5.09. The molecule has 0 atom stereocenters. The summed E-state index contributed by atoms with van der Waals surface area (Å²) in [5, 5.41) is 0. The normalized spacial score (nSPS) is 11.5. The Balaban J connectivity index is 2.45. The molecule has 1 amide bonds. The molecule has 2 rings (SSSR count). The van der Waals surface area contributed by atoms with Gasteiger partial charge in [0.15, 0.2) is 5.78 Å². The molecule has 0 unspecified atom stereocenters. The predicted molar refractivity (Wildman–Crippen MR) is 135 cm³/mol. The van der Waals surface area contributed by atoms with Gasteiger partial charge >= 0.3 is 0 Å². The van der Waals surface area contributed by atoms with Crippen LogP contribution < -0.4 is 9.47 Å². The fourth-order valence-electron chi connectivity index (χ4n) is 3.32. The number of carbonyl (C=O) groups excluding carboxylic acids is 2. The maximum Gasteiger partial charge on any atom is 0.253 e. The zero-order valence-electron chi connectivity index (χ0n) is 21.0. The fourth-order valence-corrected chi connectivity index (χ4v) is 3.32. The van der Waals surface area contributed by atoms with Crippen LogP contribution in [0.5, 0.6) is 11.5 Å². The van der Waals surface area contributed by atoms with Crippen LogP contribution in [0.15, 0.2) is 42.5 Å². The lowest BCUT2D eigenvalue weighted by atomic mass is 9.84. The van der Waals surface area contributed by atoms with Crippen LogP contribution in [0.3, 0.4) is 0 Å². The smallest absolute Gasteiger partial charge is 0.253 e. The van der Waals surface area contributed by atoms with Crippen LogP contribution in [0.2, 0.25) is 0 Å². The van der Waals surface area contributed by atoms with E-state index in [4.69, 9.17) is 9.47 Å². The first kappa shape index (κ1) is 26.2. The monoisotopic (exact) mass is 451 g/mol. The molecular weight excluding hydrogens is 414 g/mol. The summed E-state index contributed by atoms with van der Waals surface area (Å²) in [6, 6.07) is 10.7. The van der Waals surface area contributed by atoms with E-state index in [0.29, 0.717) is 30.1 Å². The largest absolute Gasteiger partial charge is 0.493 e. The Morgan fingerprint density at radius 3 is 2.00 bits per heavy atom. The van der Waals surface area contributed by atoms with E-state index in [1.165, 1.54) is 4.90 Å². The standard InChI is InChI=1S/C28H37NO4/c1-8-18-32-25-17-15-23(28(3,4)5)26(33-19-9-2)22(25)14-16-24(30)20-10-12-21(13-11-20)27(31)29(6)7/h10-17H,8-9,18-19H2,1-7H3. The Morgan fingerprint density at radius 2 is 1.45 bits per heavy atom. The molecule has 5 heteroatoms. The van der Waals surface area contributed by atoms with Crippen LogP contribution >= 0.6 is 0 Å². The second-order valence-electron chi connectivity index (χ2n) is 9.28. The van der Waals surface area contributed by atoms with Crippen molar-refractivity contribution in [2.24, 2.45) is 0 Å². The number of amides is 1. The molecule has 178 valence electrons. The van der Waals surface area contributed by atoms with E-state index in [2.05, 4.69) is 40.7 Å². The van der Waals surface area contributed by atoms with E-state index >= 15 is 0 Å². The average Bonchev–Trinajstić information content (AvgIpc) is 2.78. The Morgan fingerprint density at radius 1 is 0.879 bits per heavy atom. The lowest BCUT2D eigenvalue weighted by molar-refractivity contribution is 0.0827. The number of allylic oxidation sites excluding steroid dienone is 1. The molecule has 0 fully saturated rings. The molecule has 0 N–H and O–H groups in total. The van der Waals surface area contributed by atoms with Gasteiger partial charge in [-0.05, 0) is 48.6 Å². The van der Waals surface area contributed by atoms with Gasteiger partial charge in [0.2, 0.25) is 0 Å². The van der Waals surface area contributed by atoms with Gasteiger partial charge in [0.05, 0.1) is 18.8 Å². The van der Waals surface area contributed by atoms with Crippen LogP contribution in [-0.2, 0) is 5.41 Å². The number of ether oxygens (including phenoxy) is 2. The summed E-state index contributed by atoms with van der Waals surface area (Å²) < 4.78 is 12.2.